The van der Waals surface area contributed by atoms with Gasteiger partial charge in [-0.2, -0.15) is 0 Å². The third-order valence-corrected chi connectivity index (χ3v) is 3.17. The second kappa shape index (κ2) is 5.66. The summed E-state index contributed by atoms with van der Waals surface area (Å²) in [5.41, 5.74) is 2.87. The van der Waals surface area contributed by atoms with Crippen LogP contribution in [0, 0.1) is 0 Å². The summed E-state index contributed by atoms with van der Waals surface area (Å²) in [6.07, 6.45) is 0. The van der Waals surface area contributed by atoms with Crippen LogP contribution < -0.4 is 4.90 Å². The fraction of sp³-hybridized carbons (Fsp3) is 0.125. The first-order chi connectivity index (χ1) is 9.90. The summed E-state index contributed by atoms with van der Waals surface area (Å²) < 4.78 is 0. The molecule has 0 fully saturated rings. The summed E-state index contributed by atoms with van der Waals surface area (Å²) >= 11 is 0. The summed E-state index contributed by atoms with van der Waals surface area (Å²) in [4.78, 5) is 23.8. The molecule has 0 heterocycles. The highest BCUT2D eigenvalue weighted by Gasteiger charge is 2.12. The molecule has 2 aromatic carbocycles. The summed E-state index contributed by atoms with van der Waals surface area (Å²) in [5.74, 6) is -1.96. The fourth-order valence-corrected chi connectivity index (χ4v) is 2.07. The van der Waals surface area contributed by atoms with Crippen LogP contribution in [0.3, 0.4) is 0 Å². The first-order valence-electron chi connectivity index (χ1n) is 6.28. The molecule has 0 aliphatic rings. The van der Waals surface area contributed by atoms with Gasteiger partial charge in [-0.25, -0.2) is 9.59 Å². The van der Waals surface area contributed by atoms with Crippen LogP contribution in [0.2, 0.25) is 0 Å². The third kappa shape index (κ3) is 3.02. The maximum absolute atomic E-state index is 11.1. The van der Waals surface area contributed by atoms with Gasteiger partial charge in [0.15, 0.2) is 0 Å². The van der Waals surface area contributed by atoms with Gasteiger partial charge in [0.2, 0.25) is 0 Å². The van der Waals surface area contributed by atoms with Crippen molar-refractivity contribution in [3.05, 3.63) is 53.6 Å². The van der Waals surface area contributed by atoms with E-state index in [2.05, 4.69) is 0 Å². The lowest BCUT2D eigenvalue weighted by molar-refractivity contribution is 0.0686. The topological polar surface area (TPSA) is 77.8 Å². The van der Waals surface area contributed by atoms with Crippen molar-refractivity contribution < 1.29 is 19.8 Å². The molecule has 5 nitrogen and oxygen atoms in total. The van der Waals surface area contributed by atoms with Crippen LogP contribution in [0.4, 0.5) is 5.69 Å². The van der Waals surface area contributed by atoms with Gasteiger partial charge in [-0.1, -0.05) is 18.2 Å². The highest BCUT2D eigenvalue weighted by molar-refractivity contribution is 5.93. The fourth-order valence-electron chi connectivity index (χ4n) is 2.07. The van der Waals surface area contributed by atoms with Crippen LogP contribution in [0.1, 0.15) is 20.7 Å². The first kappa shape index (κ1) is 14.6. The van der Waals surface area contributed by atoms with Gasteiger partial charge in [-0.05, 0) is 29.8 Å². The number of rotatable bonds is 4. The molecule has 5 heteroatoms. The van der Waals surface area contributed by atoms with E-state index >= 15 is 0 Å². The maximum atomic E-state index is 11.1. The molecule has 0 spiro atoms. The minimum atomic E-state index is -0.981. The van der Waals surface area contributed by atoms with Crippen molar-refractivity contribution in [3.8, 4) is 11.1 Å². The molecule has 0 saturated carbocycles. The monoisotopic (exact) mass is 285 g/mol. The second-order valence-electron chi connectivity index (χ2n) is 4.81. The standard InChI is InChI=1S/C16H15NO4/c1-17(2)14-9-12(16(20)21)7-8-13(14)10-3-5-11(6-4-10)15(18)19/h3-9H,1-2H3,(H,18,19)(H,20,21). The number of nitrogens with zero attached hydrogens (tertiary/aromatic N) is 1. The van der Waals surface area contributed by atoms with Crippen LogP contribution in [0.5, 0.6) is 0 Å². The predicted octanol–water partition coefficient (Wildman–Crippen LogP) is 2.82. The smallest absolute Gasteiger partial charge is 0.335 e. The zero-order valence-electron chi connectivity index (χ0n) is 11.7. The van der Waals surface area contributed by atoms with E-state index in [9.17, 15) is 9.59 Å². The largest absolute Gasteiger partial charge is 0.478 e. The van der Waals surface area contributed by atoms with Crippen molar-refractivity contribution in [2.24, 2.45) is 0 Å². The SMILES string of the molecule is CN(C)c1cc(C(=O)O)ccc1-c1ccc(C(=O)O)cc1. The van der Waals surface area contributed by atoms with Crippen molar-refractivity contribution in [3.63, 3.8) is 0 Å². The van der Waals surface area contributed by atoms with Crippen molar-refractivity contribution in [1.82, 2.24) is 0 Å². The number of carbonyl (C=O) groups is 2. The van der Waals surface area contributed by atoms with E-state index < -0.39 is 11.9 Å². The van der Waals surface area contributed by atoms with Gasteiger partial charge < -0.3 is 15.1 Å². The van der Waals surface area contributed by atoms with Crippen LogP contribution in [-0.4, -0.2) is 36.2 Å². The van der Waals surface area contributed by atoms with Gasteiger partial charge >= 0.3 is 11.9 Å². The van der Waals surface area contributed by atoms with Crippen LogP contribution >= 0.6 is 0 Å². The van der Waals surface area contributed by atoms with Crippen molar-refractivity contribution in [2.75, 3.05) is 19.0 Å². The maximum Gasteiger partial charge on any atom is 0.335 e. The summed E-state index contributed by atoms with van der Waals surface area (Å²) in [6, 6.07) is 11.4. The zero-order valence-corrected chi connectivity index (χ0v) is 11.7. The molecule has 2 rings (SSSR count). The third-order valence-electron chi connectivity index (χ3n) is 3.17. The van der Waals surface area contributed by atoms with E-state index in [4.69, 9.17) is 10.2 Å². The Morgan fingerprint density at radius 1 is 0.857 bits per heavy atom. The van der Waals surface area contributed by atoms with Gasteiger partial charge in [0.05, 0.1) is 11.1 Å². The van der Waals surface area contributed by atoms with Gasteiger partial charge in [0, 0.05) is 25.3 Å². The molecule has 0 radical (unpaired) electrons. The Morgan fingerprint density at radius 3 is 1.86 bits per heavy atom. The summed E-state index contributed by atoms with van der Waals surface area (Å²) in [5, 5.41) is 18.0. The molecule has 21 heavy (non-hydrogen) atoms. The Hall–Kier alpha value is -2.82. The van der Waals surface area contributed by atoms with E-state index in [1.165, 1.54) is 18.2 Å². The average molecular weight is 285 g/mol. The van der Waals surface area contributed by atoms with E-state index in [1.54, 1.807) is 24.3 Å². The minimum absolute atomic E-state index is 0.213. The molecule has 2 aromatic rings. The van der Waals surface area contributed by atoms with Gasteiger partial charge in [0.25, 0.3) is 0 Å². The Kier molecular flexibility index (Phi) is 3.93. The van der Waals surface area contributed by atoms with Crippen LogP contribution in [0.15, 0.2) is 42.5 Å². The Labute approximate surface area is 122 Å². The quantitative estimate of drug-likeness (QED) is 0.903. The second-order valence-corrected chi connectivity index (χ2v) is 4.81. The highest BCUT2D eigenvalue weighted by Crippen LogP contribution is 2.31. The summed E-state index contributed by atoms with van der Waals surface area (Å²) in [6.45, 7) is 0. The average Bonchev–Trinajstić information content (AvgIpc) is 2.46. The molecular weight excluding hydrogens is 270 g/mol. The van der Waals surface area contributed by atoms with Gasteiger partial charge in [-0.15, -0.1) is 0 Å². The number of carboxylic acid groups (broad SMARTS) is 2. The van der Waals surface area contributed by atoms with E-state index in [-0.39, 0.29) is 11.1 Å². The molecule has 0 unspecified atom stereocenters. The lowest BCUT2D eigenvalue weighted by atomic mass is 9.99. The molecule has 0 bridgehead atoms. The Bertz CT molecular complexity index is 690. The number of anilines is 1. The normalized spacial score (nSPS) is 10.2. The molecular formula is C16H15NO4. The molecule has 0 atom stereocenters. The van der Waals surface area contributed by atoms with Crippen molar-refractivity contribution >= 4 is 17.6 Å². The number of hydrogen-bond donors (Lipinski definition) is 2. The molecule has 0 aromatic heterocycles. The lowest BCUT2D eigenvalue weighted by Gasteiger charge is -2.18. The Balaban J connectivity index is 2.52. The van der Waals surface area contributed by atoms with E-state index in [0.717, 1.165) is 16.8 Å². The van der Waals surface area contributed by atoms with Crippen molar-refractivity contribution in [1.29, 1.82) is 0 Å². The molecule has 2 N–H and O–H groups in total. The van der Waals surface area contributed by atoms with Crippen LogP contribution in [-0.2, 0) is 0 Å². The zero-order chi connectivity index (χ0) is 15.6. The first-order valence-corrected chi connectivity index (χ1v) is 6.28. The van der Waals surface area contributed by atoms with Crippen LogP contribution in [0.25, 0.3) is 11.1 Å². The van der Waals surface area contributed by atoms with E-state index in [0.29, 0.717) is 0 Å². The van der Waals surface area contributed by atoms with E-state index in [1.807, 2.05) is 19.0 Å². The number of benzene rings is 2. The van der Waals surface area contributed by atoms with Gasteiger partial charge in [0.1, 0.15) is 0 Å². The number of hydrogen-bond acceptors (Lipinski definition) is 3. The number of aromatic carboxylic acids is 2. The minimum Gasteiger partial charge on any atom is -0.478 e. The Morgan fingerprint density at radius 2 is 1.38 bits per heavy atom. The molecule has 0 aliphatic carbocycles. The van der Waals surface area contributed by atoms with Crippen molar-refractivity contribution in [2.45, 2.75) is 0 Å². The van der Waals surface area contributed by atoms with Gasteiger partial charge in [-0.3, -0.25) is 0 Å². The number of carboxylic acids is 2. The summed E-state index contributed by atoms with van der Waals surface area (Å²) in [7, 11) is 3.66. The lowest BCUT2D eigenvalue weighted by Crippen LogP contribution is -2.11. The predicted molar refractivity (Wildman–Crippen MR) is 80.1 cm³/mol. The highest BCUT2D eigenvalue weighted by atomic mass is 16.4. The molecule has 0 aliphatic heterocycles. The molecule has 0 saturated heterocycles. The molecule has 0 amide bonds. The molecule has 108 valence electrons.